The first-order valence-electron chi connectivity index (χ1n) is 7.74. The highest BCUT2D eigenvalue weighted by atomic mass is 16.2. The molecule has 1 aliphatic heterocycles. The molecule has 1 heterocycles. The fraction of sp³-hybridized carbons (Fsp3) is 0.588. The summed E-state index contributed by atoms with van der Waals surface area (Å²) in [7, 11) is 0. The monoisotopic (exact) mass is 274 g/mol. The fourth-order valence-corrected chi connectivity index (χ4v) is 2.59. The summed E-state index contributed by atoms with van der Waals surface area (Å²) in [6, 6.07) is 8.64. The summed E-state index contributed by atoms with van der Waals surface area (Å²) >= 11 is 0. The lowest BCUT2D eigenvalue weighted by Gasteiger charge is -2.26. The molecule has 3 heteroatoms. The van der Waals surface area contributed by atoms with Gasteiger partial charge in [0.05, 0.1) is 6.54 Å². The van der Waals surface area contributed by atoms with E-state index in [4.69, 9.17) is 0 Å². The van der Waals surface area contributed by atoms with E-state index in [1.807, 2.05) is 4.90 Å². The molecule has 1 fully saturated rings. The van der Waals surface area contributed by atoms with Crippen molar-refractivity contribution in [1.82, 2.24) is 10.2 Å². The van der Waals surface area contributed by atoms with Gasteiger partial charge in [-0.1, -0.05) is 38.1 Å². The third kappa shape index (κ3) is 4.34. The Labute approximate surface area is 122 Å². The molecule has 1 N–H and O–H groups in total. The summed E-state index contributed by atoms with van der Waals surface area (Å²) < 4.78 is 0. The highest BCUT2D eigenvalue weighted by Crippen LogP contribution is 2.14. The number of piperidine rings is 1. The van der Waals surface area contributed by atoms with Gasteiger partial charge in [0.2, 0.25) is 5.91 Å². The molecule has 0 radical (unpaired) electrons. The number of carbonyl (C=O) groups excluding carboxylic acids is 1. The van der Waals surface area contributed by atoms with Crippen molar-refractivity contribution in [2.45, 2.75) is 45.6 Å². The van der Waals surface area contributed by atoms with Crippen molar-refractivity contribution in [3.05, 3.63) is 35.4 Å². The number of benzene rings is 1. The topological polar surface area (TPSA) is 32.3 Å². The first-order chi connectivity index (χ1) is 9.66. The minimum atomic E-state index is 0.239. The zero-order valence-electron chi connectivity index (χ0n) is 12.7. The van der Waals surface area contributed by atoms with Crippen molar-refractivity contribution in [1.29, 1.82) is 0 Å². The summed E-state index contributed by atoms with van der Waals surface area (Å²) in [6.07, 6.45) is 3.57. The number of carbonyl (C=O) groups is 1. The van der Waals surface area contributed by atoms with Gasteiger partial charge in [0.15, 0.2) is 0 Å². The molecule has 0 bridgehead atoms. The van der Waals surface area contributed by atoms with Crippen LogP contribution in [0, 0.1) is 0 Å². The van der Waals surface area contributed by atoms with E-state index >= 15 is 0 Å². The van der Waals surface area contributed by atoms with Crippen LogP contribution in [0.25, 0.3) is 0 Å². The van der Waals surface area contributed by atoms with Gasteiger partial charge in [-0.25, -0.2) is 0 Å². The van der Waals surface area contributed by atoms with Crippen LogP contribution in [0.1, 0.15) is 50.2 Å². The normalized spacial score (nSPS) is 15.7. The quantitative estimate of drug-likeness (QED) is 0.895. The molecule has 0 unspecified atom stereocenters. The van der Waals surface area contributed by atoms with Crippen LogP contribution in [0.5, 0.6) is 0 Å². The van der Waals surface area contributed by atoms with Crippen LogP contribution >= 0.6 is 0 Å². The zero-order chi connectivity index (χ0) is 14.4. The molecule has 0 aliphatic carbocycles. The standard InChI is InChI=1S/C17H26N2O/c1-14(2)16-8-6-15(7-9-16)12-18-13-17(20)19-10-4-3-5-11-19/h6-9,14,18H,3-5,10-13H2,1-2H3. The van der Waals surface area contributed by atoms with Crippen molar-refractivity contribution < 1.29 is 4.79 Å². The summed E-state index contributed by atoms with van der Waals surface area (Å²) in [5.41, 5.74) is 2.60. The van der Waals surface area contributed by atoms with Crippen LogP contribution < -0.4 is 5.32 Å². The number of hydrogen-bond donors (Lipinski definition) is 1. The van der Waals surface area contributed by atoms with Crippen LogP contribution in [0.15, 0.2) is 24.3 Å². The zero-order valence-corrected chi connectivity index (χ0v) is 12.7. The first kappa shape index (κ1) is 15.0. The average Bonchev–Trinajstić information content (AvgIpc) is 2.48. The van der Waals surface area contributed by atoms with E-state index in [0.717, 1.165) is 32.5 Å². The van der Waals surface area contributed by atoms with E-state index in [1.54, 1.807) is 0 Å². The van der Waals surface area contributed by atoms with Crippen LogP contribution in [0.2, 0.25) is 0 Å². The summed E-state index contributed by atoms with van der Waals surface area (Å²) in [4.78, 5) is 14.0. The Kier molecular flexibility index (Phi) is 5.60. The molecule has 1 aromatic carbocycles. The third-order valence-electron chi connectivity index (χ3n) is 3.96. The Morgan fingerprint density at radius 2 is 1.80 bits per heavy atom. The van der Waals surface area contributed by atoms with E-state index in [2.05, 4.69) is 43.4 Å². The van der Waals surface area contributed by atoms with Crippen molar-refractivity contribution in [3.63, 3.8) is 0 Å². The second kappa shape index (κ2) is 7.44. The molecule has 2 rings (SSSR count). The van der Waals surface area contributed by atoms with E-state index in [0.29, 0.717) is 12.5 Å². The highest BCUT2D eigenvalue weighted by Gasteiger charge is 2.15. The van der Waals surface area contributed by atoms with Crippen molar-refractivity contribution in [2.75, 3.05) is 19.6 Å². The van der Waals surface area contributed by atoms with E-state index in [1.165, 1.54) is 17.5 Å². The number of amides is 1. The predicted molar refractivity (Wildman–Crippen MR) is 82.7 cm³/mol. The van der Waals surface area contributed by atoms with Crippen molar-refractivity contribution in [3.8, 4) is 0 Å². The molecule has 0 spiro atoms. The molecule has 110 valence electrons. The lowest BCUT2D eigenvalue weighted by atomic mass is 10.0. The molecular formula is C17H26N2O. The van der Waals surface area contributed by atoms with E-state index in [9.17, 15) is 4.79 Å². The number of rotatable bonds is 5. The van der Waals surface area contributed by atoms with Gasteiger partial charge in [-0.3, -0.25) is 4.79 Å². The smallest absolute Gasteiger partial charge is 0.236 e. The average molecular weight is 274 g/mol. The molecule has 1 saturated heterocycles. The molecule has 0 atom stereocenters. The van der Waals surface area contributed by atoms with Gasteiger partial charge in [0, 0.05) is 19.6 Å². The van der Waals surface area contributed by atoms with Gasteiger partial charge in [-0.15, -0.1) is 0 Å². The van der Waals surface area contributed by atoms with Crippen LogP contribution in [0.4, 0.5) is 0 Å². The number of nitrogens with zero attached hydrogens (tertiary/aromatic N) is 1. The molecule has 0 aromatic heterocycles. The van der Waals surface area contributed by atoms with Gasteiger partial charge in [-0.05, 0) is 36.3 Å². The first-order valence-corrected chi connectivity index (χ1v) is 7.74. The van der Waals surface area contributed by atoms with Gasteiger partial charge < -0.3 is 10.2 Å². The fourth-order valence-electron chi connectivity index (χ4n) is 2.59. The Morgan fingerprint density at radius 3 is 2.40 bits per heavy atom. The molecule has 0 saturated carbocycles. The largest absolute Gasteiger partial charge is 0.342 e. The molecule has 1 aromatic rings. The number of nitrogens with one attached hydrogen (secondary N) is 1. The van der Waals surface area contributed by atoms with Gasteiger partial charge in [0.25, 0.3) is 0 Å². The van der Waals surface area contributed by atoms with E-state index in [-0.39, 0.29) is 5.91 Å². The number of likely N-dealkylation sites (tertiary alicyclic amines) is 1. The van der Waals surface area contributed by atoms with Crippen LogP contribution in [-0.4, -0.2) is 30.4 Å². The lowest BCUT2D eigenvalue weighted by molar-refractivity contribution is -0.131. The van der Waals surface area contributed by atoms with Gasteiger partial charge in [-0.2, -0.15) is 0 Å². The molecular weight excluding hydrogens is 248 g/mol. The minimum absolute atomic E-state index is 0.239. The Morgan fingerprint density at radius 1 is 1.15 bits per heavy atom. The maximum Gasteiger partial charge on any atom is 0.236 e. The van der Waals surface area contributed by atoms with Gasteiger partial charge in [0.1, 0.15) is 0 Å². The molecule has 20 heavy (non-hydrogen) atoms. The van der Waals surface area contributed by atoms with Crippen molar-refractivity contribution >= 4 is 5.91 Å². The summed E-state index contributed by atoms with van der Waals surface area (Å²) in [5.74, 6) is 0.807. The third-order valence-corrected chi connectivity index (χ3v) is 3.96. The predicted octanol–water partition coefficient (Wildman–Crippen LogP) is 2.91. The maximum absolute atomic E-state index is 12.0. The summed E-state index contributed by atoms with van der Waals surface area (Å²) in [6.45, 7) is 7.48. The highest BCUT2D eigenvalue weighted by molar-refractivity contribution is 5.78. The molecule has 3 nitrogen and oxygen atoms in total. The Bertz CT molecular complexity index is 419. The SMILES string of the molecule is CC(C)c1ccc(CNCC(=O)N2CCCCC2)cc1. The van der Waals surface area contributed by atoms with Crippen LogP contribution in [0.3, 0.4) is 0 Å². The van der Waals surface area contributed by atoms with Crippen LogP contribution in [-0.2, 0) is 11.3 Å². The second-order valence-electron chi connectivity index (χ2n) is 5.94. The number of hydrogen-bond acceptors (Lipinski definition) is 2. The summed E-state index contributed by atoms with van der Waals surface area (Å²) in [5, 5.41) is 3.26. The molecule has 1 amide bonds. The Balaban J connectivity index is 1.73. The Hall–Kier alpha value is -1.35. The minimum Gasteiger partial charge on any atom is -0.342 e. The lowest BCUT2D eigenvalue weighted by Crippen LogP contribution is -2.40. The maximum atomic E-state index is 12.0. The van der Waals surface area contributed by atoms with E-state index < -0.39 is 0 Å². The van der Waals surface area contributed by atoms with Gasteiger partial charge >= 0.3 is 0 Å². The second-order valence-corrected chi connectivity index (χ2v) is 5.94. The molecule has 1 aliphatic rings. The van der Waals surface area contributed by atoms with Crippen molar-refractivity contribution in [2.24, 2.45) is 0 Å².